The van der Waals surface area contributed by atoms with Crippen LogP contribution in [0.2, 0.25) is 10.0 Å². The molecule has 0 fully saturated rings. The molecule has 0 aliphatic carbocycles. The normalized spacial score (nSPS) is 10.1. The lowest BCUT2D eigenvalue weighted by molar-refractivity contribution is -0.254. The van der Waals surface area contributed by atoms with Gasteiger partial charge in [0.2, 0.25) is 0 Å². The third kappa shape index (κ3) is 4.23. The number of carboxylic acid groups (broad SMARTS) is 1. The Bertz CT molecular complexity index is 840. The number of anilines is 1. The van der Waals surface area contributed by atoms with Crippen LogP contribution in [-0.4, -0.2) is 17.0 Å². The van der Waals surface area contributed by atoms with Gasteiger partial charge in [0.25, 0.3) is 5.91 Å². The number of rotatable bonds is 3. The second-order valence-electron chi connectivity index (χ2n) is 4.82. The number of hydrogen-bond donors (Lipinski definition) is 2. The number of benzene rings is 2. The molecule has 0 aromatic heterocycles. The van der Waals surface area contributed by atoms with Gasteiger partial charge in [0.15, 0.2) is 5.11 Å². The molecule has 0 heterocycles. The zero-order valence-corrected chi connectivity index (χ0v) is 14.7. The summed E-state index contributed by atoms with van der Waals surface area (Å²) in [6.07, 6.45) is 0. The largest absolute Gasteiger partial charge is 0.545 e. The summed E-state index contributed by atoms with van der Waals surface area (Å²) in [6.45, 7) is 1.79. The number of aromatic carboxylic acids is 1. The number of hydrogen-bond acceptors (Lipinski definition) is 4. The van der Waals surface area contributed by atoms with Crippen LogP contribution >= 0.6 is 35.4 Å². The average molecular weight is 382 g/mol. The minimum atomic E-state index is -1.48. The first-order valence-corrected chi connectivity index (χ1v) is 7.84. The van der Waals surface area contributed by atoms with Crippen LogP contribution in [-0.2, 0) is 0 Å². The van der Waals surface area contributed by atoms with Crippen molar-refractivity contribution in [3.05, 3.63) is 63.1 Å². The van der Waals surface area contributed by atoms with E-state index in [1.165, 1.54) is 12.1 Å². The van der Waals surface area contributed by atoms with Crippen LogP contribution in [0.4, 0.5) is 5.69 Å². The highest BCUT2D eigenvalue weighted by Gasteiger charge is 2.14. The summed E-state index contributed by atoms with van der Waals surface area (Å²) in [6, 6.07) is 9.50. The van der Waals surface area contributed by atoms with E-state index in [-0.39, 0.29) is 26.4 Å². The van der Waals surface area contributed by atoms with E-state index in [2.05, 4.69) is 10.6 Å². The van der Waals surface area contributed by atoms with Gasteiger partial charge in [-0.2, -0.15) is 0 Å². The van der Waals surface area contributed by atoms with Crippen LogP contribution in [0.15, 0.2) is 36.4 Å². The van der Waals surface area contributed by atoms with E-state index in [9.17, 15) is 14.7 Å². The zero-order chi connectivity index (χ0) is 17.9. The van der Waals surface area contributed by atoms with Gasteiger partial charge < -0.3 is 15.2 Å². The number of carbonyl (C=O) groups is 2. The highest BCUT2D eigenvalue weighted by atomic mass is 35.5. The van der Waals surface area contributed by atoms with E-state index in [0.717, 1.165) is 5.56 Å². The number of carbonyl (C=O) groups excluding carboxylic acids is 2. The standard InChI is InChI=1S/C16H12Cl2N2O3S/c1-8-4-2-3-5-10(8)14(21)20-16(24)19-13-11(15(22)23)6-9(17)7-12(13)18/h2-7H,1H3,(H,22,23)(H2,19,20,21,24)/p-1. The third-order valence-corrected chi connectivity index (χ3v) is 3.85. The van der Waals surface area contributed by atoms with Crippen LogP contribution in [0.25, 0.3) is 0 Å². The van der Waals surface area contributed by atoms with Gasteiger partial charge in [-0.15, -0.1) is 0 Å². The van der Waals surface area contributed by atoms with Gasteiger partial charge in [0.1, 0.15) is 0 Å². The van der Waals surface area contributed by atoms with Crippen molar-refractivity contribution in [2.75, 3.05) is 5.32 Å². The predicted octanol–water partition coefficient (Wildman–Crippen LogP) is 2.79. The molecule has 0 bridgehead atoms. The Balaban J connectivity index is 2.20. The van der Waals surface area contributed by atoms with Crippen LogP contribution < -0.4 is 15.7 Å². The predicted molar refractivity (Wildman–Crippen MR) is 95.7 cm³/mol. The molecule has 0 aliphatic heterocycles. The molecule has 2 rings (SSSR count). The van der Waals surface area contributed by atoms with Crippen molar-refractivity contribution in [1.82, 2.24) is 5.32 Å². The molecular weight excluding hydrogens is 371 g/mol. The van der Waals surface area contributed by atoms with E-state index in [0.29, 0.717) is 5.56 Å². The van der Waals surface area contributed by atoms with Crippen LogP contribution in [0.5, 0.6) is 0 Å². The SMILES string of the molecule is Cc1ccccc1C(=O)NC(=S)Nc1c(Cl)cc(Cl)cc1C(=O)[O-]. The van der Waals surface area contributed by atoms with Crippen molar-refractivity contribution in [1.29, 1.82) is 0 Å². The molecule has 0 atom stereocenters. The molecule has 5 nitrogen and oxygen atoms in total. The molecule has 124 valence electrons. The summed E-state index contributed by atoms with van der Waals surface area (Å²) in [5.74, 6) is -1.90. The lowest BCUT2D eigenvalue weighted by Crippen LogP contribution is -2.35. The summed E-state index contributed by atoms with van der Waals surface area (Å²) >= 11 is 16.8. The zero-order valence-electron chi connectivity index (χ0n) is 12.4. The van der Waals surface area contributed by atoms with E-state index in [4.69, 9.17) is 35.4 Å². The van der Waals surface area contributed by atoms with Gasteiger partial charge in [0.05, 0.1) is 16.7 Å². The Morgan fingerprint density at radius 3 is 2.42 bits per heavy atom. The second kappa shape index (κ2) is 7.61. The van der Waals surface area contributed by atoms with Crippen LogP contribution in [0.1, 0.15) is 26.3 Å². The van der Waals surface area contributed by atoms with Gasteiger partial charge in [-0.05, 0) is 42.9 Å². The Morgan fingerprint density at radius 2 is 1.79 bits per heavy atom. The number of aryl methyl sites for hydroxylation is 1. The van der Waals surface area contributed by atoms with Crippen molar-refractivity contribution >= 4 is 58.1 Å². The fourth-order valence-corrected chi connectivity index (χ4v) is 2.74. The second-order valence-corrected chi connectivity index (χ2v) is 6.07. The molecule has 2 aromatic rings. The maximum Gasteiger partial charge on any atom is 0.257 e. The molecule has 8 heteroatoms. The minimum Gasteiger partial charge on any atom is -0.545 e. The van der Waals surface area contributed by atoms with E-state index in [1.54, 1.807) is 25.1 Å². The molecule has 2 N–H and O–H groups in total. The monoisotopic (exact) mass is 381 g/mol. The van der Waals surface area contributed by atoms with Gasteiger partial charge in [-0.25, -0.2) is 0 Å². The summed E-state index contributed by atoms with van der Waals surface area (Å²) < 4.78 is 0. The Labute approximate surface area is 153 Å². The Morgan fingerprint density at radius 1 is 1.12 bits per heavy atom. The van der Waals surface area contributed by atoms with Crippen molar-refractivity contribution < 1.29 is 14.7 Å². The maximum atomic E-state index is 12.2. The molecule has 0 saturated carbocycles. The molecule has 0 aliphatic rings. The number of nitrogens with one attached hydrogen (secondary N) is 2. The topological polar surface area (TPSA) is 81.3 Å². The van der Waals surface area contributed by atoms with E-state index < -0.39 is 11.9 Å². The van der Waals surface area contributed by atoms with Gasteiger partial charge >= 0.3 is 0 Å². The summed E-state index contributed by atoms with van der Waals surface area (Å²) in [5.41, 5.74) is 0.956. The van der Waals surface area contributed by atoms with Crippen molar-refractivity contribution in [2.24, 2.45) is 0 Å². The van der Waals surface area contributed by atoms with Gasteiger partial charge in [-0.1, -0.05) is 41.4 Å². The highest BCUT2D eigenvalue weighted by molar-refractivity contribution is 7.80. The Hall–Kier alpha value is -2.15. The summed E-state index contributed by atoms with van der Waals surface area (Å²) in [4.78, 5) is 23.4. The van der Waals surface area contributed by atoms with Crippen molar-refractivity contribution in [3.63, 3.8) is 0 Å². The first-order chi connectivity index (χ1) is 11.3. The smallest absolute Gasteiger partial charge is 0.257 e. The van der Waals surface area contributed by atoms with Crippen LogP contribution in [0.3, 0.4) is 0 Å². The molecular formula is C16H11Cl2N2O3S-. The Kier molecular flexibility index (Phi) is 5.77. The average Bonchev–Trinajstić information content (AvgIpc) is 2.49. The third-order valence-electron chi connectivity index (χ3n) is 3.13. The molecule has 0 radical (unpaired) electrons. The number of amides is 1. The summed E-state index contributed by atoms with van der Waals surface area (Å²) in [7, 11) is 0. The number of halogens is 2. The fraction of sp³-hybridized carbons (Fsp3) is 0.0625. The van der Waals surface area contributed by atoms with E-state index in [1.807, 2.05) is 6.07 Å². The van der Waals surface area contributed by atoms with Crippen LogP contribution in [0, 0.1) is 6.92 Å². The molecule has 1 amide bonds. The van der Waals surface area contributed by atoms with E-state index >= 15 is 0 Å². The minimum absolute atomic E-state index is 0.00356. The highest BCUT2D eigenvalue weighted by Crippen LogP contribution is 2.30. The molecule has 0 saturated heterocycles. The molecule has 0 unspecified atom stereocenters. The molecule has 0 spiro atoms. The summed E-state index contributed by atoms with van der Waals surface area (Å²) in [5, 5.41) is 16.3. The molecule has 24 heavy (non-hydrogen) atoms. The molecule has 2 aromatic carbocycles. The van der Waals surface area contributed by atoms with Crippen molar-refractivity contribution in [3.8, 4) is 0 Å². The first-order valence-electron chi connectivity index (χ1n) is 6.68. The quantitative estimate of drug-likeness (QED) is 0.798. The number of thiocarbonyl (C=S) groups is 1. The lowest BCUT2D eigenvalue weighted by Gasteiger charge is -2.16. The van der Waals surface area contributed by atoms with Gasteiger partial charge in [-0.3, -0.25) is 10.1 Å². The first kappa shape index (κ1) is 18.2. The number of carboxylic acids is 1. The van der Waals surface area contributed by atoms with Gasteiger partial charge in [0, 0.05) is 16.1 Å². The lowest BCUT2D eigenvalue weighted by atomic mass is 10.1. The fourth-order valence-electron chi connectivity index (χ4n) is 2.00. The maximum absolute atomic E-state index is 12.2. The van der Waals surface area contributed by atoms with Crippen molar-refractivity contribution in [2.45, 2.75) is 6.92 Å².